The number of rotatable bonds is 3. The second kappa shape index (κ2) is 4.70. The molecule has 1 aliphatic carbocycles. The van der Waals surface area contributed by atoms with Crippen LogP contribution in [0.25, 0.3) is 11.0 Å². The van der Waals surface area contributed by atoms with Gasteiger partial charge in [-0.05, 0) is 49.1 Å². The first-order chi connectivity index (χ1) is 10.6. The first-order valence-corrected chi connectivity index (χ1v) is 7.32. The highest BCUT2D eigenvalue weighted by Gasteiger charge is 2.40. The molecule has 1 unspecified atom stereocenters. The van der Waals surface area contributed by atoms with Crippen LogP contribution in [0.5, 0.6) is 0 Å². The van der Waals surface area contributed by atoms with E-state index in [1.165, 1.54) is 0 Å². The highest BCUT2D eigenvalue weighted by molar-refractivity contribution is 6.03. The summed E-state index contributed by atoms with van der Waals surface area (Å²) in [6, 6.07) is 11.8. The number of carboxylic acids is 1. The topological polar surface area (TPSA) is 63.3 Å². The van der Waals surface area contributed by atoms with Crippen LogP contribution in [0.2, 0.25) is 0 Å². The summed E-state index contributed by atoms with van der Waals surface area (Å²) in [5, 5.41) is 10.0. The summed E-state index contributed by atoms with van der Waals surface area (Å²) in [7, 11) is 0. The fourth-order valence-electron chi connectivity index (χ4n) is 3.22. The summed E-state index contributed by atoms with van der Waals surface area (Å²) in [4.78, 5) is 15.8. The van der Waals surface area contributed by atoms with Crippen molar-refractivity contribution in [3.63, 3.8) is 0 Å². The highest BCUT2D eigenvalue weighted by Crippen LogP contribution is 2.54. The number of benzene rings is 1. The van der Waals surface area contributed by atoms with E-state index in [-0.39, 0.29) is 5.56 Å². The molecule has 1 aromatic carbocycles. The largest absolute Gasteiger partial charge is 0.478 e. The first kappa shape index (κ1) is 13.1. The molecule has 0 aliphatic heterocycles. The highest BCUT2D eigenvalue weighted by atomic mass is 16.4. The standard InChI is InChI=1S/C18H15NO3/c1-10-17(18(20)21)14-8-11(5-6-16(14)22-10)12-9-13(12)15-4-2-3-7-19-15/h2-8,12-13H,9H2,1H3,(H,20,21)/t12?,13-/m1/s1. The number of hydrogen-bond acceptors (Lipinski definition) is 3. The summed E-state index contributed by atoms with van der Waals surface area (Å²) in [5.41, 5.74) is 3.17. The molecule has 4 heteroatoms. The van der Waals surface area contributed by atoms with Gasteiger partial charge in [0.15, 0.2) is 0 Å². The number of aromatic nitrogens is 1. The number of hydrogen-bond donors (Lipinski definition) is 1. The van der Waals surface area contributed by atoms with E-state index < -0.39 is 5.97 Å². The van der Waals surface area contributed by atoms with E-state index in [0.29, 0.717) is 28.6 Å². The Morgan fingerprint density at radius 2 is 2.14 bits per heavy atom. The Hall–Kier alpha value is -2.62. The van der Waals surface area contributed by atoms with E-state index in [9.17, 15) is 9.90 Å². The average molecular weight is 293 g/mol. The zero-order valence-corrected chi connectivity index (χ0v) is 12.1. The van der Waals surface area contributed by atoms with Crippen molar-refractivity contribution in [1.29, 1.82) is 0 Å². The van der Waals surface area contributed by atoms with Crippen LogP contribution in [0, 0.1) is 6.92 Å². The van der Waals surface area contributed by atoms with Crippen molar-refractivity contribution >= 4 is 16.9 Å². The minimum absolute atomic E-state index is 0.270. The van der Waals surface area contributed by atoms with Gasteiger partial charge in [-0.25, -0.2) is 4.79 Å². The van der Waals surface area contributed by atoms with E-state index in [1.54, 1.807) is 6.92 Å². The Morgan fingerprint density at radius 3 is 2.86 bits per heavy atom. The Balaban J connectivity index is 1.72. The molecule has 0 bridgehead atoms. The number of fused-ring (bicyclic) bond motifs is 1. The van der Waals surface area contributed by atoms with Gasteiger partial charge in [0, 0.05) is 23.2 Å². The van der Waals surface area contributed by atoms with Gasteiger partial charge >= 0.3 is 5.97 Å². The van der Waals surface area contributed by atoms with Crippen molar-refractivity contribution in [2.75, 3.05) is 0 Å². The Bertz CT molecular complexity index is 867. The van der Waals surface area contributed by atoms with E-state index in [0.717, 1.165) is 17.7 Å². The third-order valence-electron chi connectivity index (χ3n) is 4.39. The minimum atomic E-state index is -0.939. The molecule has 1 saturated carbocycles. The van der Waals surface area contributed by atoms with Crippen molar-refractivity contribution in [3.8, 4) is 0 Å². The number of aryl methyl sites for hydroxylation is 1. The number of nitrogens with zero attached hydrogens (tertiary/aromatic N) is 1. The first-order valence-electron chi connectivity index (χ1n) is 7.32. The molecule has 4 nitrogen and oxygen atoms in total. The zero-order chi connectivity index (χ0) is 15.3. The lowest BCUT2D eigenvalue weighted by Crippen LogP contribution is -1.97. The maximum atomic E-state index is 11.4. The molecule has 2 heterocycles. The fourth-order valence-corrected chi connectivity index (χ4v) is 3.22. The van der Waals surface area contributed by atoms with Crippen LogP contribution in [0.4, 0.5) is 0 Å². The van der Waals surface area contributed by atoms with E-state index in [1.807, 2.05) is 42.6 Å². The molecule has 2 aromatic heterocycles. The van der Waals surface area contributed by atoms with Gasteiger partial charge in [-0.3, -0.25) is 4.98 Å². The van der Waals surface area contributed by atoms with Crippen LogP contribution in [0.1, 0.15) is 45.6 Å². The summed E-state index contributed by atoms with van der Waals surface area (Å²) in [6.07, 6.45) is 2.87. The Labute approximate surface area is 127 Å². The average Bonchev–Trinajstić information content (AvgIpc) is 3.23. The number of furan rings is 1. The molecule has 1 N–H and O–H groups in total. The monoisotopic (exact) mass is 293 g/mol. The van der Waals surface area contributed by atoms with Crippen LogP contribution in [0.15, 0.2) is 47.0 Å². The van der Waals surface area contributed by atoms with Gasteiger partial charge in [-0.1, -0.05) is 12.1 Å². The van der Waals surface area contributed by atoms with Crippen molar-refractivity contribution in [2.45, 2.75) is 25.2 Å². The van der Waals surface area contributed by atoms with E-state index >= 15 is 0 Å². The summed E-state index contributed by atoms with van der Waals surface area (Å²) >= 11 is 0. The predicted molar refractivity (Wildman–Crippen MR) is 82.2 cm³/mol. The fraction of sp³-hybridized carbons (Fsp3) is 0.222. The third kappa shape index (κ3) is 1.99. The molecule has 0 amide bonds. The van der Waals surface area contributed by atoms with Gasteiger partial charge in [0.1, 0.15) is 16.9 Å². The predicted octanol–water partition coefficient (Wildman–Crippen LogP) is 4.11. The van der Waals surface area contributed by atoms with Crippen molar-refractivity contribution < 1.29 is 14.3 Å². The van der Waals surface area contributed by atoms with Crippen LogP contribution in [-0.4, -0.2) is 16.1 Å². The van der Waals surface area contributed by atoms with Gasteiger partial charge in [-0.15, -0.1) is 0 Å². The molecule has 0 radical (unpaired) electrons. The number of carbonyl (C=O) groups is 1. The van der Waals surface area contributed by atoms with Gasteiger partial charge in [0.05, 0.1) is 0 Å². The molecule has 0 saturated heterocycles. The minimum Gasteiger partial charge on any atom is -0.478 e. The van der Waals surface area contributed by atoms with Crippen LogP contribution in [0.3, 0.4) is 0 Å². The molecule has 2 atom stereocenters. The third-order valence-corrected chi connectivity index (χ3v) is 4.39. The Kier molecular flexibility index (Phi) is 2.79. The van der Waals surface area contributed by atoms with Gasteiger partial charge in [0.25, 0.3) is 0 Å². The quantitative estimate of drug-likeness (QED) is 0.789. The normalized spacial score (nSPS) is 20.2. The van der Waals surface area contributed by atoms with Crippen LogP contribution in [-0.2, 0) is 0 Å². The van der Waals surface area contributed by atoms with Crippen molar-refractivity contribution in [2.24, 2.45) is 0 Å². The van der Waals surface area contributed by atoms with Gasteiger partial charge in [-0.2, -0.15) is 0 Å². The van der Waals surface area contributed by atoms with Crippen molar-refractivity contribution in [1.82, 2.24) is 4.98 Å². The van der Waals surface area contributed by atoms with Gasteiger partial charge in [0.2, 0.25) is 0 Å². The lowest BCUT2D eigenvalue weighted by atomic mass is 10.0. The second-order valence-electron chi connectivity index (χ2n) is 5.80. The molecule has 1 aliphatic rings. The zero-order valence-electron chi connectivity index (χ0n) is 12.1. The smallest absolute Gasteiger partial charge is 0.339 e. The lowest BCUT2D eigenvalue weighted by molar-refractivity contribution is 0.0697. The molecule has 110 valence electrons. The number of aromatic carboxylic acids is 1. The van der Waals surface area contributed by atoms with Crippen LogP contribution >= 0.6 is 0 Å². The maximum Gasteiger partial charge on any atom is 0.339 e. The molecule has 3 aromatic rings. The summed E-state index contributed by atoms with van der Waals surface area (Å²) in [5.74, 6) is 0.360. The van der Waals surface area contributed by atoms with Gasteiger partial charge < -0.3 is 9.52 Å². The summed E-state index contributed by atoms with van der Waals surface area (Å²) in [6.45, 7) is 1.69. The molecule has 22 heavy (non-hydrogen) atoms. The summed E-state index contributed by atoms with van der Waals surface area (Å²) < 4.78 is 5.53. The molecule has 1 fully saturated rings. The number of pyridine rings is 1. The second-order valence-corrected chi connectivity index (χ2v) is 5.80. The molecule has 4 rings (SSSR count). The maximum absolute atomic E-state index is 11.4. The van der Waals surface area contributed by atoms with Crippen molar-refractivity contribution in [3.05, 3.63) is 65.2 Å². The molecule has 0 spiro atoms. The van der Waals surface area contributed by atoms with E-state index in [2.05, 4.69) is 4.98 Å². The SMILES string of the molecule is Cc1oc2ccc(C3C[C@H]3c3ccccn3)cc2c1C(=O)O. The molecular formula is C18H15NO3. The van der Waals surface area contributed by atoms with E-state index in [4.69, 9.17) is 4.42 Å². The molecular weight excluding hydrogens is 278 g/mol. The number of carboxylic acid groups (broad SMARTS) is 1. The lowest BCUT2D eigenvalue weighted by Gasteiger charge is -2.01. The van der Waals surface area contributed by atoms with Crippen LogP contribution < -0.4 is 0 Å². The Morgan fingerprint density at radius 1 is 1.27 bits per heavy atom.